The van der Waals surface area contributed by atoms with Crippen LogP contribution in [0.1, 0.15) is 38.3 Å². The molecule has 156 valence electrons. The van der Waals surface area contributed by atoms with Gasteiger partial charge in [-0.2, -0.15) is 0 Å². The molecule has 0 saturated heterocycles. The largest absolute Gasteiger partial charge is 0.497 e. The summed E-state index contributed by atoms with van der Waals surface area (Å²) in [6.07, 6.45) is 1.83. The van der Waals surface area contributed by atoms with Gasteiger partial charge in [0, 0.05) is 5.69 Å². The van der Waals surface area contributed by atoms with Gasteiger partial charge in [0.05, 0.1) is 25.7 Å². The van der Waals surface area contributed by atoms with Crippen LogP contribution in [-0.2, 0) is 9.59 Å². The summed E-state index contributed by atoms with van der Waals surface area (Å²) in [5, 5.41) is 5.96. The highest BCUT2D eigenvalue weighted by molar-refractivity contribution is 5.92. The van der Waals surface area contributed by atoms with Crippen LogP contribution in [0.25, 0.3) is 0 Å². The lowest BCUT2D eigenvalue weighted by Gasteiger charge is -2.26. The second kappa shape index (κ2) is 11.2. The summed E-state index contributed by atoms with van der Waals surface area (Å²) in [4.78, 5) is 26.8. The zero-order valence-electron chi connectivity index (χ0n) is 17.6. The van der Waals surface area contributed by atoms with Gasteiger partial charge in [0.25, 0.3) is 0 Å². The predicted molar refractivity (Wildman–Crippen MR) is 116 cm³/mol. The average molecular weight is 398 g/mol. The lowest BCUT2D eigenvalue weighted by Crippen LogP contribution is -2.46. The van der Waals surface area contributed by atoms with Crippen molar-refractivity contribution in [3.8, 4) is 5.75 Å². The third-order valence-electron chi connectivity index (χ3n) is 4.90. The molecule has 0 bridgehead atoms. The van der Waals surface area contributed by atoms with Gasteiger partial charge in [-0.05, 0) is 50.2 Å². The molecule has 2 N–H and O–H groups in total. The van der Waals surface area contributed by atoms with Crippen molar-refractivity contribution in [3.05, 3.63) is 60.2 Å². The number of amides is 2. The Morgan fingerprint density at radius 3 is 2.31 bits per heavy atom. The van der Waals surface area contributed by atoms with Gasteiger partial charge in [-0.1, -0.05) is 43.7 Å². The van der Waals surface area contributed by atoms with Gasteiger partial charge in [-0.25, -0.2) is 0 Å². The second-order valence-electron chi connectivity index (χ2n) is 7.13. The number of ether oxygens (including phenoxy) is 1. The maximum Gasteiger partial charge on any atom is 0.238 e. The van der Waals surface area contributed by atoms with Crippen molar-refractivity contribution in [1.29, 1.82) is 0 Å². The summed E-state index contributed by atoms with van der Waals surface area (Å²) < 4.78 is 5.11. The molecule has 2 aromatic rings. The SMILES string of the molecule is CCC[C@H](NC(=O)[C@H](C)N(C)CC(=O)Nc1ccc(OC)cc1)c1ccccc1. The van der Waals surface area contributed by atoms with E-state index in [-0.39, 0.29) is 24.4 Å². The number of hydrogen-bond donors (Lipinski definition) is 2. The van der Waals surface area contributed by atoms with E-state index in [1.165, 1.54) is 0 Å². The molecule has 2 rings (SSSR count). The Morgan fingerprint density at radius 1 is 1.07 bits per heavy atom. The molecule has 6 nitrogen and oxygen atoms in total. The van der Waals surface area contributed by atoms with Crippen LogP contribution in [0.3, 0.4) is 0 Å². The lowest BCUT2D eigenvalue weighted by molar-refractivity contribution is -0.127. The van der Waals surface area contributed by atoms with Crippen LogP contribution in [0.5, 0.6) is 5.75 Å². The highest BCUT2D eigenvalue weighted by atomic mass is 16.5. The molecule has 0 spiro atoms. The first-order valence-corrected chi connectivity index (χ1v) is 9.94. The highest BCUT2D eigenvalue weighted by Crippen LogP contribution is 2.19. The van der Waals surface area contributed by atoms with Gasteiger partial charge < -0.3 is 15.4 Å². The fourth-order valence-electron chi connectivity index (χ4n) is 3.03. The number of likely N-dealkylation sites (N-methyl/N-ethyl adjacent to an activating group) is 1. The van der Waals surface area contributed by atoms with Gasteiger partial charge in [0.15, 0.2) is 0 Å². The van der Waals surface area contributed by atoms with Crippen LogP contribution in [0.2, 0.25) is 0 Å². The first-order chi connectivity index (χ1) is 13.9. The minimum absolute atomic E-state index is 0.0299. The third kappa shape index (κ3) is 6.91. The molecule has 2 atom stereocenters. The summed E-state index contributed by atoms with van der Waals surface area (Å²) in [5.41, 5.74) is 1.78. The Labute approximate surface area is 173 Å². The Bertz CT molecular complexity index is 778. The second-order valence-corrected chi connectivity index (χ2v) is 7.13. The van der Waals surface area contributed by atoms with Crippen molar-refractivity contribution in [2.45, 2.75) is 38.8 Å². The van der Waals surface area contributed by atoms with Crippen LogP contribution in [0, 0.1) is 0 Å². The molecule has 2 aromatic carbocycles. The van der Waals surface area contributed by atoms with Crippen molar-refractivity contribution in [1.82, 2.24) is 10.2 Å². The van der Waals surface area contributed by atoms with Crippen molar-refractivity contribution >= 4 is 17.5 Å². The number of nitrogens with one attached hydrogen (secondary N) is 2. The molecule has 0 aliphatic carbocycles. The number of hydrogen-bond acceptors (Lipinski definition) is 4. The van der Waals surface area contributed by atoms with Gasteiger partial charge in [0.2, 0.25) is 11.8 Å². The van der Waals surface area contributed by atoms with Crippen molar-refractivity contribution in [3.63, 3.8) is 0 Å². The normalized spacial score (nSPS) is 12.9. The average Bonchev–Trinajstić information content (AvgIpc) is 2.73. The Morgan fingerprint density at radius 2 is 1.72 bits per heavy atom. The number of anilines is 1. The molecule has 0 aliphatic heterocycles. The van der Waals surface area contributed by atoms with Gasteiger partial charge in [-0.15, -0.1) is 0 Å². The fourth-order valence-corrected chi connectivity index (χ4v) is 3.03. The zero-order chi connectivity index (χ0) is 21.2. The number of carbonyl (C=O) groups is 2. The van der Waals surface area contributed by atoms with Crippen LogP contribution in [0.4, 0.5) is 5.69 Å². The van der Waals surface area contributed by atoms with Gasteiger partial charge in [-0.3, -0.25) is 14.5 Å². The van der Waals surface area contributed by atoms with E-state index >= 15 is 0 Å². The summed E-state index contributed by atoms with van der Waals surface area (Å²) in [7, 11) is 3.37. The molecular formula is C23H31N3O3. The quantitative estimate of drug-likeness (QED) is 0.642. The standard InChI is InChI=1S/C23H31N3O3/c1-5-9-21(18-10-7-6-8-11-18)25-23(28)17(2)26(3)16-22(27)24-19-12-14-20(29-4)15-13-19/h6-8,10-15,17,21H,5,9,16H2,1-4H3,(H,24,27)(H,25,28)/t17-,21-/m0/s1. The van der Waals surface area contributed by atoms with Crippen molar-refractivity contribution in [2.24, 2.45) is 0 Å². The zero-order valence-corrected chi connectivity index (χ0v) is 17.6. The third-order valence-corrected chi connectivity index (χ3v) is 4.90. The van der Waals surface area contributed by atoms with Crippen LogP contribution in [0.15, 0.2) is 54.6 Å². The van der Waals surface area contributed by atoms with E-state index in [1.807, 2.05) is 37.3 Å². The number of nitrogens with zero attached hydrogens (tertiary/aromatic N) is 1. The van der Waals surface area contributed by atoms with Crippen LogP contribution < -0.4 is 15.4 Å². The number of methoxy groups -OCH3 is 1. The molecular weight excluding hydrogens is 366 g/mol. The molecule has 0 aliphatic rings. The first-order valence-electron chi connectivity index (χ1n) is 9.94. The van der Waals surface area contributed by atoms with E-state index in [1.54, 1.807) is 43.3 Å². The van der Waals surface area contributed by atoms with E-state index in [4.69, 9.17) is 4.74 Å². The topological polar surface area (TPSA) is 70.7 Å². The minimum atomic E-state index is -0.431. The number of rotatable bonds is 10. The Kier molecular flexibility index (Phi) is 8.68. The number of benzene rings is 2. The first kappa shape index (κ1) is 22.4. The van der Waals surface area contributed by atoms with E-state index < -0.39 is 6.04 Å². The molecule has 0 fully saturated rings. The van der Waals surface area contributed by atoms with Gasteiger partial charge in [0.1, 0.15) is 5.75 Å². The van der Waals surface area contributed by atoms with E-state index in [0.717, 1.165) is 24.2 Å². The van der Waals surface area contributed by atoms with E-state index in [0.29, 0.717) is 5.69 Å². The molecule has 0 saturated carbocycles. The molecule has 0 heterocycles. The monoisotopic (exact) mass is 397 g/mol. The maximum absolute atomic E-state index is 12.8. The Balaban J connectivity index is 1.90. The number of carbonyl (C=O) groups excluding carboxylic acids is 2. The Hall–Kier alpha value is -2.86. The predicted octanol–water partition coefficient (Wildman–Crippen LogP) is 3.61. The molecule has 29 heavy (non-hydrogen) atoms. The van der Waals surface area contributed by atoms with Crippen LogP contribution in [-0.4, -0.2) is 43.5 Å². The summed E-state index contributed by atoms with van der Waals surface area (Å²) in [6, 6.07) is 16.6. The smallest absolute Gasteiger partial charge is 0.238 e. The summed E-state index contributed by atoms with van der Waals surface area (Å²) >= 11 is 0. The maximum atomic E-state index is 12.8. The van der Waals surface area contributed by atoms with E-state index in [2.05, 4.69) is 17.6 Å². The van der Waals surface area contributed by atoms with E-state index in [9.17, 15) is 9.59 Å². The minimum Gasteiger partial charge on any atom is -0.497 e. The lowest BCUT2D eigenvalue weighted by atomic mass is 10.0. The molecule has 6 heteroatoms. The highest BCUT2D eigenvalue weighted by Gasteiger charge is 2.23. The summed E-state index contributed by atoms with van der Waals surface area (Å²) in [5.74, 6) is 0.461. The van der Waals surface area contributed by atoms with Crippen molar-refractivity contribution in [2.75, 3.05) is 26.0 Å². The molecule has 0 aromatic heterocycles. The molecule has 2 amide bonds. The van der Waals surface area contributed by atoms with Crippen LogP contribution >= 0.6 is 0 Å². The molecule has 0 radical (unpaired) electrons. The van der Waals surface area contributed by atoms with Gasteiger partial charge >= 0.3 is 0 Å². The summed E-state index contributed by atoms with van der Waals surface area (Å²) in [6.45, 7) is 4.02. The fraction of sp³-hybridized carbons (Fsp3) is 0.391. The molecule has 0 unspecified atom stereocenters. The van der Waals surface area contributed by atoms with Crippen molar-refractivity contribution < 1.29 is 14.3 Å².